The molecule has 0 bridgehead atoms. The summed E-state index contributed by atoms with van der Waals surface area (Å²) < 4.78 is 10.6. The molecule has 0 fully saturated rings. The third kappa shape index (κ3) is 5.98. The molecule has 2 rings (SSSR count). The van der Waals surface area contributed by atoms with Gasteiger partial charge >= 0.3 is 0 Å². The average Bonchev–Trinajstić information content (AvgIpc) is 2.74. The lowest BCUT2D eigenvalue weighted by molar-refractivity contribution is -0.141. The predicted molar refractivity (Wildman–Crippen MR) is 113 cm³/mol. The highest BCUT2D eigenvalue weighted by molar-refractivity contribution is 6.04. The molecule has 0 saturated carbocycles. The number of hydrogen-bond donors (Lipinski definition) is 2. The van der Waals surface area contributed by atoms with Gasteiger partial charge < -0.3 is 20.1 Å². The van der Waals surface area contributed by atoms with Crippen LogP contribution < -0.4 is 20.1 Å². The maximum Gasteiger partial charge on any atom is 0.235 e. The zero-order valence-corrected chi connectivity index (χ0v) is 17.6. The Labute approximate surface area is 172 Å². The minimum atomic E-state index is -1.17. The van der Waals surface area contributed by atoms with Gasteiger partial charge in [0.2, 0.25) is 11.8 Å². The lowest BCUT2D eigenvalue weighted by Crippen LogP contribution is -2.48. The van der Waals surface area contributed by atoms with Gasteiger partial charge in [0, 0.05) is 13.1 Å². The van der Waals surface area contributed by atoms with Crippen LogP contribution in [0.2, 0.25) is 0 Å². The van der Waals surface area contributed by atoms with Crippen LogP contribution in [0.15, 0.2) is 48.5 Å². The molecule has 0 radical (unpaired) electrons. The number of nitrogens with one attached hydrogen (secondary N) is 2. The molecule has 6 nitrogen and oxygen atoms in total. The van der Waals surface area contributed by atoms with Gasteiger partial charge in [-0.3, -0.25) is 9.59 Å². The van der Waals surface area contributed by atoms with E-state index in [4.69, 9.17) is 9.47 Å². The van der Waals surface area contributed by atoms with Crippen LogP contribution in [-0.4, -0.2) is 39.1 Å². The first-order chi connectivity index (χ1) is 13.9. The molecule has 2 aromatic carbocycles. The molecule has 0 aromatic heterocycles. The maximum atomic E-state index is 12.6. The fraction of sp³-hybridized carbons (Fsp3) is 0.391. The molecule has 2 N–H and O–H groups in total. The SMILES string of the molecule is COc1ccccc1CCNC(=O)C(C)(C)C(=O)NCCc1ccccc1OC. The monoisotopic (exact) mass is 398 g/mol. The van der Waals surface area contributed by atoms with Crippen molar-refractivity contribution in [3.63, 3.8) is 0 Å². The molecule has 0 saturated heterocycles. The van der Waals surface area contributed by atoms with E-state index in [0.717, 1.165) is 22.6 Å². The number of ether oxygens (including phenoxy) is 2. The minimum Gasteiger partial charge on any atom is -0.496 e. The Kier molecular flexibility index (Phi) is 8.07. The average molecular weight is 399 g/mol. The number of carbonyl (C=O) groups excluding carboxylic acids is 2. The molecule has 2 amide bonds. The zero-order valence-electron chi connectivity index (χ0n) is 17.6. The molecule has 0 aliphatic heterocycles. The van der Waals surface area contributed by atoms with Crippen molar-refractivity contribution in [3.05, 3.63) is 59.7 Å². The number of hydrogen-bond acceptors (Lipinski definition) is 4. The van der Waals surface area contributed by atoms with Gasteiger partial charge in [0.15, 0.2) is 0 Å². The number of rotatable bonds is 10. The number of carbonyl (C=O) groups is 2. The van der Waals surface area contributed by atoms with Crippen molar-refractivity contribution in [2.24, 2.45) is 5.41 Å². The normalized spacial score (nSPS) is 10.9. The maximum absolute atomic E-state index is 12.6. The molecular formula is C23H30N2O4. The van der Waals surface area contributed by atoms with E-state index in [9.17, 15) is 9.59 Å². The molecule has 0 spiro atoms. The number of methoxy groups -OCH3 is 2. The summed E-state index contributed by atoms with van der Waals surface area (Å²) in [7, 11) is 3.24. The van der Waals surface area contributed by atoms with Crippen LogP contribution in [-0.2, 0) is 22.4 Å². The second kappa shape index (κ2) is 10.5. The topological polar surface area (TPSA) is 76.7 Å². The molecule has 0 aliphatic carbocycles. The first-order valence-electron chi connectivity index (χ1n) is 9.70. The van der Waals surface area contributed by atoms with Gasteiger partial charge in [0.25, 0.3) is 0 Å². The van der Waals surface area contributed by atoms with Crippen LogP contribution in [0.5, 0.6) is 11.5 Å². The first-order valence-corrected chi connectivity index (χ1v) is 9.70. The van der Waals surface area contributed by atoms with Gasteiger partial charge in [-0.05, 0) is 49.9 Å². The summed E-state index contributed by atoms with van der Waals surface area (Å²) in [6.45, 7) is 4.11. The Morgan fingerprint density at radius 3 is 1.52 bits per heavy atom. The lowest BCUT2D eigenvalue weighted by atomic mass is 9.91. The van der Waals surface area contributed by atoms with Crippen LogP contribution in [0.3, 0.4) is 0 Å². The quantitative estimate of drug-likeness (QED) is 0.604. The van der Waals surface area contributed by atoms with Crippen molar-refractivity contribution >= 4 is 11.8 Å². The molecule has 29 heavy (non-hydrogen) atoms. The fourth-order valence-corrected chi connectivity index (χ4v) is 2.99. The fourth-order valence-electron chi connectivity index (χ4n) is 2.99. The van der Waals surface area contributed by atoms with E-state index in [1.807, 2.05) is 48.5 Å². The van der Waals surface area contributed by atoms with Gasteiger partial charge in [-0.1, -0.05) is 36.4 Å². The summed E-state index contributed by atoms with van der Waals surface area (Å²) >= 11 is 0. The first kappa shape index (κ1) is 22.3. The lowest BCUT2D eigenvalue weighted by Gasteiger charge is -2.23. The van der Waals surface area contributed by atoms with E-state index in [1.54, 1.807) is 28.1 Å². The van der Waals surface area contributed by atoms with E-state index in [1.165, 1.54) is 0 Å². The van der Waals surface area contributed by atoms with E-state index in [2.05, 4.69) is 10.6 Å². The van der Waals surface area contributed by atoms with Gasteiger partial charge in [0.05, 0.1) is 14.2 Å². The highest BCUT2D eigenvalue weighted by atomic mass is 16.5. The van der Waals surface area contributed by atoms with Crippen molar-refractivity contribution in [3.8, 4) is 11.5 Å². The van der Waals surface area contributed by atoms with Crippen LogP contribution >= 0.6 is 0 Å². The highest BCUT2D eigenvalue weighted by Gasteiger charge is 2.35. The smallest absolute Gasteiger partial charge is 0.235 e. The van der Waals surface area contributed by atoms with Gasteiger partial charge in [-0.25, -0.2) is 0 Å². The minimum absolute atomic E-state index is 0.304. The second-order valence-electron chi connectivity index (χ2n) is 7.26. The van der Waals surface area contributed by atoms with Gasteiger partial charge in [0.1, 0.15) is 16.9 Å². The van der Waals surface area contributed by atoms with Crippen molar-refractivity contribution in [1.82, 2.24) is 10.6 Å². The molecule has 0 unspecified atom stereocenters. The molecule has 2 aromatic rings. The molecule has 6 heteroatoms. The van der Waals surface area contributed by atoms with E-state index in [-0.39, 0.29) is 11.8 Å². The highest BCUT2D eigenvalue weighted by Crippen LogP contribution is 2.20. The molecule has 0 aliphatic rings. The van der Waals surface area contributed by atoms with E-state index >= 15 is 0 Å². The molecule has 0 atom stereocenters. The summed E-state index contributed by atoms with van der Waals surface area (Å²) in [5.41, 5.74) is 0.852. The van der Waals surface area contributed by atoms with Crippen molar-refractivity contribution in [1.29, 1.82) is 0 Å². The Bertz CT molecular complexity index is 766. The van der Waals surface area contributed by atoms with E-state index in [0.29, 0.717) is 25.9 Å². The summed E-state index contributed by atoms with van der Waals surface area (Å²) in [5.74, 6) is 0.967. The third-order valence-electron chi connectivity index (χ3n) is 4.88. The third-order valence-corrected chi connectivity index (χ3v) is 4.88. The number of amides is 2. The largest absolute Gasteiger partial charge is 0.496 e. The molecule has 0 heterocycles. The van der Waals surface area contributed by atoms with Crippen LogP contribution in [0, 0.1) is 5.41 Å². The summed E-state index contributed by atoms with van der Waals surface area (Å²) in [6, 6.07) is 15.4. The molecular weight excluding hydrogens is 368 g/mol. The second-order valence-corrected chi connectivity index (χ2v) is 7.26. The van der Waals surface area contributed by atoms with Crippen molar-refractivity contribution < 1.29 is 19.1 Å². The number of para-hydroxylation sites is 2. The van der Waals surface area contributed by atoms with E-state index < -0.39 is 5.41 Å². The van der Waals surface area contributed by atoms with Crippen LogP contribution in [0.25, 0.3) is 0 Å². The Morgan fingerprint density at radius 1 is 0.759 bits per heavy atom. The van der Waals surface area contributed by atoms with Crippen molar-refractivity contribution in [2.45, 2.75) is 26.7 Å². The zero-order chi connectivity index (χ0) is 21.3. The van der Waals surface area contributed by atoms with Gasteiger partial charge in [-0.2, -0.15) is 0 Å². The Hall–Kier alpha value is -3.02. The standard InChI is InChI=1S/C23H30N2O4/c1-23(2,21(26)24-15-13-17-9-5-7-11-19(17)28-3)22(27)25-16-14-18-10-6-8-12-20(18)29-4/h5-12H,13-16H2,1-4H3,(H,24,26)(H,25,27). The molecule has 156 valence electrons. The van der Waals surface area contributed by atoms with Gasteiger partial charge in [-0.15, -0.1) is 0 Å². The summed E-state index contributed by atoms with van der Waals surface area (Å²) in [4.78, 5) is 25.1. The van der Waals surface area contributed by atoms with Crippen LogP contribution in [0.1, 0.15) is 25.0 Å². The summed E-state index contributed by atoms with van der Waals surface area (Å²) in [5, 5.41) is 5.71. The summed E-state index contributed by atoms with van der Waals surface area (Å²) in [6.07, 6.45) is 1.25. The number of benzene rings is 2. The Morgan fingerprint density at radius 2 is 1.14 bits per heavy atom. The Balaban J connectivity index is 1.83. The predicted octanol–water partition coefficient (Wildman–Crippen LogP) is 2.75. The van der Waals surface area contributed by atoms with Crippen molar-refractivity contribution in [2.75, 3.05) is 27.3 Å². The van der Waals surface area contributed by atoms with Crippen LogP contribution in [0.4, 0.5) is 0 Å².